The van der Waals surface area contributed by atoms with E-state index in [1.54, 1.807) is 56.3 Å². The number of carbonyl (C=O) groups excluding carboxylic acids is 2. The van der Waals surface area contributed by atoms with Crippen LogP contribution in [0.25, 0.3) is 0 Å². The highest BCUT2D eigenvalue weighted by Gasteiger charge is 2.81. The number of carbonyl (C=O) groups is 2. The molecule has 2 aromatic carbocycles. The van der Waals surface area contributed by atoms with Gasteiger partial charge < -0.3 is 9.47 Å². The molecule has 6 nitrogen and oxygen atoms in total. The van der Waals surface area contributed by atoms with Gasteiger partial charge in [-0.05, 0) is 43.7 Å². The summed E-state index contributed by atoms with van der Waals surface area (Å²) in [7, 11) is -4.05. The zero-order valence-electron chi connectivity index (χ0n) is 16.0. The molecule has 0 heterocycles. The Bertz CT molecular complexity index is 1000. The first-order chi connectivity index (χ1) is 13.8. The van der Waals surface area contributed by atoms with Crippen LogP contribution in [0.4, 0.5) is 0 Å². The quantitative estimate of drug-likeness (QED) is 0.488. The maximum Gasteiger partial charge on any atom is 0.325 e. The third kappa shape index (κ3) is 3.53. The van der Waals surface area contributed by atoms with E-state index in [1.807, 2.05) is 0 Å². The van der Waals surface area contributed by atoms with Gasteiger partial charge in [0.1, 0.15) is 5.25 Å². The summed E-state index contributed by atoms with van der Waals surface area (Å²) in [6, 6.07) is 14.2. The summed E-state index contributed by atoms with van der Waals surface area (Å²) in [5, 5.41) is -0.985. The third-order valence-corrected chi connectivity index (χ3v) is 7.45. The number of esters is 2. The number of halogens is 1. The lowest BCUT2D eigenvalue weighted by molar-refractivity contribution is -0.164. The number of hydrogen-bond acceptors (Lipinski definition) is 6. The molecule has 0 radical (unpaired) electrons. The van der Waals surface area contributed by atoms with E-state index in [0.717, 1.165) is 0 Å². The van der Waals surface area contributed by atoms with E-state index >= 15 is 0 Å². The Morgan fingerprint density at radius 3 is 2.07 bits per heavy atom. The molecule has 8 heteroatoms. The van der Waals surface area contributed by atoms with Crippen LogP contribution in [-0.4, -0.2) is 38.8 Å². The second-order valence-electron chi connectivity index (χ2n) is 6.62. The Morgan fingerprint density at radius 1 is 0.966 bits per heavy atom. The number of rotatable bonds is 7. The van der Waals surface area contributed by atoms with E-state index in [-0.39, 0.29) is 18.1 Å². The van der Waals surface area contributed by atoms with Gasteiger partial charge in [-0.15, -0.1) is 0 Å². The SMILES string of the molecule is CCOC(=O)C1(C(=O)OCC)[C@@H](c2cccc(Cl)c2)[C@@H]1S(=O)(=O)c1ccccc1. The Balaban J connectivity index is 2.21. The van der Waals surface area contributed by atoms with Crippen molar-refractivity contribution in [2.45, 2.75) is 29.9 Å². The fourth-order valence-corrected chi connectivity index (χ4v) is 6.25. The van der Waals surface area contributed by atoms with Crippen molar-refractivity contribution in [2.75, 3.05) is 13.2 Å². The lowest BCUT2D eigenvalue weighted by Crippen LogP contribution is -2.35. The molecule has 0 N–H and O–H groups in total. The highest BCUT2D eigenvalue weighted by Crippen LogP contribution is 2.65. The largest absolute Gasteiger partial charge is 0.465 e. The molecule has 3 rings (SSSR count). The minimum atomic E-state index is -4.05. The molecule has 2 atom stereocenters. The number of benzene rings is 2. The van der Waals surface area contributed by atoms with Crippen molar-refractivity contribution in [1.29, 1.82) is 0 Å². The van der Waals surface area contributed by atoms with E-state index in [9.17, 15) is 18.0 Å². The molecule has 2 aromatic rings. The zero-order valence-corrected chi connectivity index (χ0v) is 17.6. The molecule has 29 heavy (non-hydrogen) atoms. The number of sulfone groups is 1. The van der Waals surface area contributed by atoms with Crippen molar-refractivity contribution in [3.63, 3.8) is 0 Å². The summed E-state index contributed by atoms with van der Waals surface area (Å²) >= 11 is 6.09. The van der Waals surface area contributed by atoms with Crippen LogP contribution in [0.1, 0.15) is 25.3 Å². The molecule has 1 aliphatic carbocycles. The predicted octanol–water partition coefficient (Wildman–Crippen LogP) is 3.39. The summed E-state index contributed by atoms with van der Waals surface area (Å²) in [4.78, 5) is 26.0. The Hall–Kier alpha value is -2.38. The van der Waals surface area contributed by atoms with Crippen LogP contribution < -0.4 is 0 Å². The van der Waals surface area contributed by atoms with Crippen molar-refractivity contribution in [3.8, 4) is 0 Å². The van der Waals surface area contributed by atoms with Crippen molar-refractivity contribution in [3.05, 3.63) is 65.2 Å². The average molecular weight is 437 g/mol. The van der Waals surface area contributed by atoms with Crippen molar-refractivity contribution >= 4 is 33.4 Å². The fraction of sp³-hybridized carbons (Fsp3) is 0.333. The second kappa shape index (κ2) is 8.16. The molecule has 0 aromatic heterocycles. The maximum absolute atomic E-state index is 13.4. The Labute approximate surface area is 174 Å². The molecule has 0 spiro atoms. The van der Waals surface area contributed by atoms with Crippen LogP contribution in [-0.2, 0) is 28.9 Å². The summed E-state index contributed by atoms with van der Waals surface area (Å²) in [5.41, 5.74) is -1.52. The number of ether oxygens (including phenoxy) is 2. The van der Waals surface area contributed by atoms with Crippen LogP contribution in [0.15, 0.2) is 59.5 Å². The molecule has 154 valence electrons. The average Bonchev–Trinajstić information content (AvgIpc) is 3.42. The number of hydrogen-bond donors (Lipinski definition) is 0. The fourth-order valence-electron chi connectivity index (χ4n) is 3.75. The van der Waals surface area contributed by atoms with E-state index in [4.69, 9.17) is 21.1 Å². The van der Waals surface area contributed by atoms with Crippen LogP contribution in [0, 0.1) is 5.41 Å². The van der Waals surface area contributed by atoms with Crippen LogP contribution in [0.5, 0.6) is 0 Å². The topological polar surface area (TPSA) is 86.7 Å². The van der Waals surface area contributed by atoms with Gasteiger partial charge in [-0.2, -0.15) is 0 Å². The van der Waals surface area contributed by atoms with Gasteiger partial charge in [-0.25, -0.2) is 8.42 Å². The lowest BCUT2D eigenvalue weighted by Gasteiger charge is -2.15. The van der Waals surface area contributed by atoms with Gasteiger partial charge in [0.25, 0.3) is 0 Å². The first-order valence-corrected chi connectivity index (χ1v) is 11.1. The van der Waals surface area contributed by atoms with E-state index in [0.29, 0.717) is 10.6 Å². The summed E-state index contributed by atoms with van der Waals surface area (Å²) in [6.07, 6.45) is 0. The van der Waals surface area contributed by atoms with Crippen LogP contribution in [0.3, 0.4) is 0 Å². The first-order valence-electron chi connectivity index (χ1n) is 9.20. The van der Waals surface area contributed by atoms with Crippen LogP contribution >= 0.6 is 11.6 Å². The molecule has 0 unspecified atom stereocenters. The van der Waals surface area contributed by atoms with Crippen LogP contribution in [0.2, 0.25) is 5.02 Å². The van der Waals surface area contributed by atoms with Crippen molar-refractivity contribution < 1.29 is 27.5 Å². The molecular formula is C21H21ClO6S. The Morgan fingerprint density at radius 2 is 1.55 bits per heavy atom. The highest BCUT2D eigenvalue weighted by molar-refractivity contribution is 7.92. The van der Waals surface area contributed by atoms with E-state index < -0.39 is 38.4 Å². The molecular weight excluding hydrogens is 416 g/mol. The normalized spacial score (nSPS) is 20.0. The minimum Gasteiger partial charge on any atom is -0.465 e. The van der Waals surface area contributed by atoms with Gasteiger partial charge in [-0.1, -0.05) is 41.9 Å². The molecule has 0 aliphatic heterocycles. The van der Waals surface area contributed by atoms with Gasteiger partial charge in [0.05, 0.1) is 18.1 Å². The molecule has 0 saturated heterocycles. The first kappa shape index (κ1) is 21.3. The van der Waals surface area contributed by atoms with Gasteiger partial charge in [0, 0.05) is 10.9 Å². The standard InChI is InChI=1S/C21H21ClO6S/c1-3-27-19(23)21(20(24)28-4-2)17(14-9-8-10-15(22)13-14)18(21)29(25,26)16-11-6-5-7-12-16/h5-13,17-18H,3-4H2,1-2H3/t17-,18-/m0/s1. The highest BCUT2D eigenvalue weighted by atomic mass is 35.5. The van der Waals surface area contributed by atoms with E-state index in [1.165, 1.54) is 12.1 Å². The van der Waals surface area contributed by atoms with Crippen molar-refractivity contribution in [2.24, 2.45) is 5.41 Å². The predicted molar refractivity (Wildman–Crippen MR) is 107 cm³/mol. The zero-order chi connectivity index (χ0) is 21.2. The smallest absolute Gasteiger partial charge is 0.325 e. The summed E-state index contributed by atoms with van der Waals surface area (Å²) in [6.45, 7) is 3.18. The third-order valence-electron chi connectivity index (χ3n) is 4.97. The Kier molecular flexibility index (Phi) is 6.00. The monoisotopic (exact) mass is 436 g/mol. The summed E-state index contributed by atoms with van der Waals surface area (Å²) in [5.74, 6) is -2.79. The van der Waals surface area contributed by atoms with Gasteiger partial charge >= 0.3 is 11.9 Å². The molecule has 1 aliphatic rings. The second-order valence-corrected chi connectivity index (χ2v) is 9.13. The van der Waals surface area contributed by atoms with Gasteiger partial charge in [0.2, 0.25) is 0 Å². The van der Waals surface area contributed by atoms with E-state index in [2.05, 4.69) is 0 Å². The molecule has 0 amide bonds. The molecule has 1 saturated carbocycles. The maximum atomic E-state index is 13.4. The summed E-state index contributed by atoms with van der Waals surface area (Å²) < 4.78 is 37.2. The van der Waals surface area contributed by atoms with Gasteiger partial charge in [-0.3, -0.25) is 9.59 Å². The molecule has 1 fully saturated rings. The lowest BCUT2D eigenvalue weighted by atomic mass is 9.99. The van der Waals surface area contributed by atoms with Crippen molar-refractivity contribution in [1.82, 2.24) is 0 Å². The van der Waals surface area contributed by atoms with Gasteiger partial charge in [0.15, 0.2) is 15.3 Å². The minimum absolute atomic E-state index is 0.000356. The molecule has 0 bridgehead atoms.